The van der Waals surface area contributed by atoms with Gasteiger partial charge in [0, 0.05) is 12.4 Å². The fourth-order valence-electron chi connectivity index (χ4n) is 1.18. The Morgan fingerprint density at radius 2 is 2.05 bits per heavy atom. The molecule has 124 valence electrons. The Balaban J connectivity index is 2.65. The summed E-state index contributed by atoms with van der Waals surface area (Å²) in [5.41, 5.74) is 0. The average Bonchev–Trinajstić information content (AvgIpc) is 2.43. The van der Waals surface area contributed by atoms with Crippen LogP contribution in [0.2, 0.25) is 0 Å². The lowest BCUT2D eigenvalue weighted by atomic mass is 10.6. The van der Waals surface area contributed by atoms with Gasteiger partial charge in [-0.15, -0.1) is 0 Å². The van der Waals surface area contributed by atoms with Gasteiger partial charge in [0.2, 0.25) is 0 Å². The Bertz CT molecular complexity index is 599. The number of ether oxygens (including phenoxy) is 2. The van der Waals surface area contributed by atoms with Gasteiger partial charge in [-0.2, -0.15) is 0 Å². The molecule has 1 amide bonds. The Morgan fingerprint density at radius 3 is 2.68 bits per heavy atom. The predicted molar refractivity (Wildman–Crippen MR) is 71.1 cm³/mol. The van der Waals surface area contributed by atoms with Gasteiger partial charge in [0.05, 0.1) is 6.61 Å². The number of nitrogens with one attached hydrogen (secondary N) is 2. The molecule has 0 saturated heterocycles. The Hall–Kier alpha value is -2.24. The van der Waals surface area contributed by atoms with Crippen molar-refractivity contribution in [2.24, 2.45) is 0 Å². The van der Waals surface area contributed by atoms with E-state index in [4.69, 9.17) is 4.74 Å². The molecule has 0 unspecified atom stereocenters. The molecule has 9 nitrogen and oxygen atoms in total. The number of aromatic nitrogens is 2. The van der Waals surface area contributed by atoms with Crippen LogP contribution in [0.25, 0.3) is 0 Å². The molecule has 22 heavy (non-hydrogen) atoms. The zero-order valence-corrected chi connectivity index (χ0v) is 12.3. The lowest BCUT2D eigenvalue weighted by Gasteiger charge is -2.11. The minimum absolute atomic E-state index is 0.00452. The number of halogens is 2. The lowest BCUT2D eigenvalue weighted by molar-refractivity contribution is 0.0798. The zero-order valence-electron chi connectivity index (χ0n) is 11.5. The van der Waals surface area contributed by atoms with Crippen LogP contribution in [-0.2, 0) is 14.8 Å². The molecular formula is C10H14F2N4O5S. The second kappa shape index (κ2) is 8.26. The van der Waals surface area contributed by atoms with E-state index in [1.54, 1.807) is 4.72 Å². The van der Waals surface area contributed by atoms with E-state index in [1.807, 2.05) is 0 Å². The van der Waals surface area contributed by atoms with Gasteiger partial charge < -0.3 is 14.8 Å². The van der Waals surface area contributed by atoms with Gasteiger partial charge in [0.15, 0.2) is 12.4 Å². The van der Waals surface area contributed by atoms with E-state index < -0.39 is 35.0 Å². The summed E-state index contributed by atoms with van der Waals surface area (Å²) in [5, 5.41) is 2.32. The van der Waals surface area contributed by atoms with E-state index in [2.05, 4.69) is 20.0 Å². The van der Waals surface area contributed by atoms with Crippen molar-refractivity contribution in [1.82, 2.24) is 14.7 Å². The average molecular weight is 340 g/mol. The standard InChI is InChI=1S/C10H14F2N4O5S/c1-2-20-10(17)16-22(18,19)6-15-8-9(14-4-3-13-8)21-5-7(11)12/h3-4,7H,2,5-6H2,1H3,(H,13,15)(H,16,17). The smallest absolute Gasteiger partial charge is 0.420 e. The molecule has 0 radical (unpaired) electrons. The Morgan fingerprint density at radius 1 is 1.36 bits per heavy atom. The first-order valence-electron chi connectivity index (χ1n) is 5.97. The van der Waals surface area contributed by atoms with Crippen molar-refractivity contribution in [3.05, 3.63) is 12.4 Å². The van der Waals surface area contributed by atoms with Crippen LogP contribution in [-0.4, -0.2) is 50.0 Å². The summed E-state index contributed by atoms with van der Waals surface area (Å²) in [7, 11) is -4.06. The summed E-state index contributed by atoms with van der Waals surface area (Å²) in [5.74, 6) is -1.19. The van der Waals surface area contributed by atoms with Crippen LogP contribution < -0.4 is 14.8 Å². The lowest BCUT2D eigenvalue weighted by Crippen LogP contribution is -2.35. The van der Waals surface area contributed by atoms with Gasteiger partial charge in [0.1, 0.15) is 5.88 Å². The summed E-state index contributed by atoms with van der Waals surface area (Å²) in [6, 6.07) is 0. The molecular weight excluding hydrogens is 326 g/mol. The first-order valence-corrected chi connectivity index (χ1v) is 7.62. The summed E-state index contributed by atoms with van der Waals surface area (Å²) in [6.45, 7) is 0.600. The summed E-state index contributed by atoms with van der Waals surface area (Å²) >= 11 is 0. The first-order chi connectivity index (χ1) is 10.3. The number of alkyl halides is 2. The highest BCUT2D eigenvalue weighted by Gasteiger charge is 2.17. The molecule has 1 rings (SSSR count). The second-order valence-corrected chi connectivity index (χ2v) is 5.39. The minimum Gasteiger partial charge on any atom is -0.469 e. The number of carbonyl (C=O) groups is 1. The van der Waals surface area contributed by atoms with Crippen molar-refractivity contribution >= 4 is 21.9 Å². The van der Waals surface area contributed by atoms with Gasteiger partial charge >= 0.3 is 6.09 Å². The molecule has 0 aromatic carbocycles. The topological polar surface area (TPSA) is 120 Å². The van der Waals surface area contributed by atoms with Crippen molar-refractivity contribution < 1.29 is 31.5 Å². The van der Waals surface area contributed by atoms with E-state index >= 15 is 0 Å². The molecule has 1 aromatic heterocycles. The van der Waals surface area contributed by atoms with Gasteiger partial charge in [-0.1, -0.05) is 0 Å². The van der Waals surface area contributed by atoms with Crippen molar-refractivity contribution in [1.29, 1.82) is 0 Å². The summed E-state index contributed by atoms with van der Waals surface area (Å²) in [4.78, 5) is 18.4. The van der Waals surface area contributed by atoms with E-state index in [0.717, 1.165) is 0 Å². The highest BCUT2D eigenvalue weighted by Crippen LogP contribution is 2.17. The van der Waals surface area contributed by atoms with Crippen molar-refractivity contribution in [2.45, 2.75) is 13.3 Å². The predicted octanol–water partition coefficient (Wildman–Crippen LogP) is 0.566. The van der Waals surface area contributed by atoms with Crippen LogP contribution in [0.1, 0.15) is 6.92 Å². The molecule has 2 N–H and O–H groups in total. The number of rotatable bonds is 8. The maximum absolute atomic E-state index is 12.1. The summed E-state index contributed by atoms with van der Waals surface area (Å²) in [6.07, 6.45) is -1.44. The third-order valence-corrected chi connectivity index (χ3v) is 2.96. The van der Waals surface area contributed by atoms with E-state index in [1.165, 1.54) is 19.3 Å². The fourth-order valence-corrected chi connectivity index (χ4v) is 1.89. The third-order valence-electron chi connectivity index (χ3n) is 1.95. The molecule has 0 aliphatic carbocycles. The molecule has 1 aromatic rings. The first kappa shape index (κ1) is 17.8. The monoisotopic (exact) mass is 340 g/mol. The van der Waals surface area contributed by atoms with Crippen LogP contribution in [0.15, 0.2) is 12.4 Å². The van der Waals surface area contributed by atoms with Crippen LogP contribution in [0.4, 0.5) is 19.4 Å². The molecule has 12 heteroatoms. The Labute approximate surface area is 125 Å². The molecule has 0 aliphatic heterocycles. The zero-order chi connectivity index (χ0) is 16.6. The largest absolute Gasteiger partial charge is 0.469 e. The molecule has 0 fully saturated rings. The van der Waals surface area contributed by atoms with Crippen LogP contribution in [0, 0.1) is 0 Å². The number of sulfonamides is 1. The van der Waals surface area contributed by atoms with Crippen molar-refractivity contribution in [2.75, 3.05) is 24.4 Å². The maximum Gasteiger partial charge on any atom is 0.420 e. The van der Waals surface area contributed by atoms with Gasteiger partial charge in [-0.25, -0.2) is 36.7 Å². The molecule has 0 spiro atoms. The van der Waals surface area contributed by atoms with Crippen molar-refractivity contribution in [3.8, 4) is 5.88 Å². The number of carbonyl (C=O) groups excluding carboxylic acids is 1. The quantitative estimate of drug-likeness (QED) is 0.705. The number of hydrogen-bond donors (Lipinski definition) is 2. The molecule has 0 saturated carbocycles. The molecule has 0 aliphatic rings. The second-order valence-electron chi connectivity index (χ2n) is 3.67. The van der Waals surface area contributed by atoms with Crippen LogP contribution in [0.3, 0.4) is 0 Å². The van der Waals surface area contributed by atoms with Gasteiger partial charge in [-0.05, 0) is 6.92 Å². The SMILES string of the molecule is CCOC(=O)NS(=O)(=O)CNc1nccnc1OCC(F)F. The van der Waals surface area contributed by atoms with Crippen LogP contribution >= 0.6 is 0 Å². The van der Waals surface area contributed by atoms with Crippen molar-refractivity contribution in [3.63, 3.8) is 0 Å². The number of anilines is 1. The molecule has 1 heterocycles. The van der Waals surface area contributed by atoms with E-state index in [-0.39, 0.29) is 18.3 Å². The van der Waals surface area contributed by atoms with E-state index in [0.29, 0.717) is 0 Å². The fraction of sp³-hybridized carbons (Fsp3) is 0.500. The maximum atomic E-state index is 12.1. The third kappa shape index (κ3) is 6.47. The Kier molecular flexibility index (Phi) is 6.69. The van der Waals surface area contributed by atoms with Gasteiger partial charge in [0.25, 0.3) is 22.3 Å². The molecule has 0 bridgehead atoms. The highest BCUT2D eigenvalue weighted by atomic mass is 32.2. The summed E-state index contributed by atoms with van der Waals surface area (Å²) < 4.78 is 58.1. The normalized spacial score (nSPS) is 11.1. The minimum atomic E-state index is -4.06. The molecule has 0 atom stereocenters. The van der Waals surface area contributed by atoms with Gasteiger partial charge in [-0.3, -0.25) is 0 Å². The van der Waals surface area contributed by atoms with E-state index in [9.17, 15) is 22.0 Å². The number of hydrogen-bond acceptors (Lipinski definition) is 8. The number of nitrogens with zero attached hydrogens (tertiary/aromatic N) is 2. The highest BCUT2D eigenvalue weighted by molar-refractivity contribution is 7.90. The van der Waals surface area contributed by atoms with Crippen LogP contribution in [0.5, 0.6) is 5.88 Å². The number of amides is 1.